The van der Waals surface area contributed by atoms with Gasteiger partial charge < -0.3 is 19.9 Å². The minimum absolute atomic E-state index is 0.279. The molecule has 0 bridgehead atoms. The first-order chi connectivity index (χ1) is 13.8. The molecule has 0 aliphatic heterocycles. The highest BCUT2D eigenvalue weighted by Gasteiger charge is 2.29. The molecule has 2 atom stereocenters. The maximum atomic E-state index is 11.9. The van der Waals surface area contributed by atoms with E-state index in [1.54, 1.807) is 12.4 Å². The lowest BCUT2D eigenvalue weighted by Gasteiger charge is -2.20. The van der Waals surface area contributed by atoms with E-state index in [1.165, 1.54) is 6.08 Å². The van der Waals surface area contributed by atoms with Crippen molar-refractivity contribution in [2.75, 3.05) is 18.9 Å². The molecule has 156 valence electrons. The van der Waals surface area contributed by atoms with Crippen molar-refractivity contribution in [1.29, 1.82) is 0 Å². The van der Waals surface area contributed by atoms with Crippen LogP contribution in [0.1, 0.15) is 51.6 Å². The van der Waals surface area contributed by atoms with Crippen molar-refractivity contribution in [3.05, 3.63) is 24.2 Å². The summed E-state index contributed by atoms with van der Waals surface area (Å²) in [5, 5.41) is 6.89. The van der Waals surface area contributed by atoms with E-state index in [9.17, 15) is 9.59 Å². The molecule has 1 saturated carbocycles. The average molecular weight is 399 g/mol. The number of hydrogen-bond donors (Lipinski definition) is 2. The SMILES string of the molecule is CNc1ncnc2c1c(/C=C\C=O)cn2[C@H]1CCC(CNC(=O)OC(C)(C)C)C1. The van der Waals surface area contributed by atoms with Gasteiger partial charge in [0.15, 0.2) is 0 Å². The molecule has 8 heteroatoms. The van der Waals surface area contributed by atoms with Gasteiger partial charge in [0.1, 0.15) is 29.7 Å². The molecule has 2 N–H and O–H groups in total. The van der Waals surface area contributed by atoms with Gasteiger partial charge in [-0.15, -0.1) is 0 Å². The van der Waals surface area contributed by atoms with Gasteiger partial charge in [-0.3, -0.25) is 4.79 Å². The van der Waals surface area contributed by atoms with Crippen molar-refractivity contribution in [2.24, 2.45) is 5.92 Å². The quantitative estimate of drug-likeness (QED) is 0.569. The topological polar surface area (TPSA) is 98.1 Å². The molecule has 0 spiro atoms. The summed E-state index contributed by atoms with van der Waals surface area (Å²) in [5.41, 5.74) is 1.26. The summed E-state index contributed by atoms with van der Waals surface area (Å²) in [6.07, 6.45) is 10.2. The van der Waals surface area contributed by atoms with Crippen LogP contribution in [-0.4, -0.2) is 46.1 Å². The number of alkyl carbamates (subject to hydrolysis) is 1. The van der Waals surface area contributed by atoms with E-state index in [1.807, 2.05) is 34.0 Å². The molecule has 0 radical (unpaired) electrons. The van der Waals surface area contributed by atoms with E-state index >= 15 is 0 Å². The fourth-order valence-corrected chi connectivity index (χ4v) is 3.88. The third kappa shape index (κ3) is 4.93. The molecule has 0 aromatic carbocycles. The number of amides is 1. The van der Waals surface area contributed by atoms with Crippen LogP contribution in [-0.2, 0) is 9.53 Å². The number of aldehydes is 1. The van der Waals surface area contributed by atoms with Gasteiger partial charge in [-0.1, -0.05) is 0 Å². The summed E-state index contributed by atoms with van der Waals surface area (Å²) in [6.45, 7) is 6.16. The first kappa shape index (κ1) is 20.8. The lowest BCUT2D eigenvalue weighted by Crippen LogP contribution is -2.34. The Morgan fingerprint density at radius 3 is 2.83 bits per heavy atom. The van der Waals surface area contributed by atoms with Crippen LogP contribution in [0.5, 0.6) is 0 Å². The van der Waals surface area contributed by atoms with E-state index in [2.05, 4.69) is 25.2 Å². The lowest BCUT2D eigenvalue weighted by molar-refractivity contribution is -0.104. The van der Waals surface area contributed by atoms with Crippen LogP contribution in [0.4, 0.5) is 10.6 Å². The van der Waals surface area contributed by atoms with E-state index in [0.717, 1.165) is 48.0 Å². The summed E-state index contributed by atoms with van der Waals surface area (Å²) in [6, 6.07) is 0.279. The van der Waals surface area contributed by atoms with Gasteiger partial charge in [-0.25, -0.2) is 14.8 Å². The number of carbonyl (C=O) groups is 2. The van der Waals surface area contributed by atoms with Gasteiger partial charge in [-0.05, 0) is 58.1 Å². The first-order valence-corrected chi connectivity index (χ1v) is 9.94. The number of aromatic nitrogens is 3. The van der Waals surface area contributed by atoms with Crippen LogP contribution in [0.3, 0.4) is 0 Å². The highest BCUT2D eigenvalue weighted by atomic mass is 16.6. The average Bonchev–Trinajstić information content (AvgIpc) is 3.27. The molecule has 2 heterocycles. The zero-order chi connectivity index (χ0) is 21.0. The Hall–Kier alpha value is -2.90. The third-order valence-electron chi connectivity index (χ3n) is 5.07. The molecule has 1 amide bonds. The monoisotopic (exact) mass is 399 g/mol. The number of rotatable bonds is 6. The minimum Gasteiger partial charge on any atom is -0.444 e. The van der Waals surface area contributed by atoms with Crippen molar-refractivity contribution in [2.45, 2.75) is 51.7 Å². The first-order valence-electron chi connectivity index (χ1n) is 9.94. The number of nitrogens with zero attached hydrogens (tertiary/aromatic N) is 3. The van der Waals surface area contributed by atoms with Crippen molar-refractivity contribution in [3.63, 3.8) is 0 Å². The Morgan fingerprint density at radius 1 is 1.34 bits per heavy atom. The number of fused-ring (bicyclic) bond motifs is 1. The standard InChI is InChI=1S/C21H29N5O3/c1-21(2,3)29-20(28)23-11-14-7-8-16(10-14)26-12-15(6-5-9-27)17-18(22-4)24-13-25-19(17)26/h5-6,9,12-14,16H,7-8,10-11H2,1-4H3,(H,23,28)(H,22,24,25)/b6-5-/t14?,16-/m0/s1. The van der Waals surface area contributed by atoms with Gasteiger partial charge in [0.05, 0.1) is 5.39 Å². The molecule has 1 fully saturated rings. The van der Waals surface area contributed by atoms with E-state index in [4.69, 9.17) is 4.74 Å². The predicted octanol–water partition coefficient (Wildman–Crippen LogP) is 3.55. The van der Waals surface area contributed by atoms with Crippen LogP contribution < -0.4 is 10.6 Å². The van der Waals surface area contributed by atoms with Crippen LogP contribution >= 0.6 is 0 Å². The largest absolute Gasteiger partial charge is 0.444 e. The van der Waals surface area contributed by atoms with Crippen LogP contribution in [0, 0.1) is 5.92 Å². The van der Waals surface area contributed by atoms with Crippen LogP contribution in [0.15, 0.2) is 18.6 Å². The van der Waals surface area contributed by atoms with Gasteiger partial charge in [0.25, 0.3) is 0 Å². The number of allylic oxidation sites excluding steroid dienone is 1. The molecular formula is C21H29N5O3. The molecule has 1 aliphatic rings. The number of hydrogen-bond acceptors (Lipinski definition) is 6. The molecule has 1 aliphatic carbocycles. The molecular weight excluding hydrogens is 370 g/mol. The van der Waals surface area contributed by atoms with Gasteiger partial charge in [-0.2, -0.15) is 0 Å². The Balaban J connectivity index is 1.75. The second-order valence-electron chi connectivity index (χ2n) is 8.37. The van der Waals surface area contributed by atoms with E-state index < -0.39 is 5.60 Å². The van der Waals surface area contributed by atoms with Crippen molar-refractivity contribution in [3.8, 4) is 0 Å². The number of nitrogens with one attached hydrogen (secondary N) is 2. The van der Waals surface area contributed by atoms with Gasteiger partial charge in [0, 0.05) is 31.4 Å². The molecule has 3 rings (SSSR count). The molecule has 29 heavy (non-hydrogen) atoms. The third-order valence-corrected chi connectivity index (χ3v) is 5.07. The van der Waals surface area contributed by atoms with E-state index in [0.29, 0.717) is 12.5 Å². The summed E-state index contributed by atoms with van der Waals surface area (Å²) in [4.78, 5) is 31.5. The van der Waals surface area contributed by atoms with Crippen LogP contribution in [0.25, 0.3) is 17.1 Å². The fraction of sp³-hybridized carbons (Fsp3) is 0.524. The lowest BCUT2D eigenvalue weighted by atomic mass is 10.1. The number of ether oxygens (including phenoxy) is 1. The molecule has 0 saturated heterocycles. The Morgan fingerprint density at radius 2 is 2.14 bits per heavy atom. The van der Waals surface area contributed by atoms with Crippen molar-refractivity contribution < 1.29 is 14.3 Å². The second kappa shape index (κ2) is 8.63. The van der Waals surface area contributed by atoms with Gasteiger partial charge in [0.2, 0.25) is 0 Å². The molecule has 1 unspecified atom stereocenters. The molecule has 8 nitrogen and oxygen atoms in total. The summed E-state index contributed by atoms with van der Waals surface area (Å²) in [5.74, 6) is 1.12. The summed E-state index contributed by atoms with van der Waals surface area (Å²) >= 11 is 0. The van der Waals surface area contributed by atoms with E-state index in [-0.39, 0.29) is 12.1 Å². The zero-order valence-corrected chi connectivity index (χ0v) is 17.4. The highest BCUT2D eigenvalue weighted by Crippen LogP contribution is 2.38. The van der Waals surface area contributed by atoms with Crippen molar-refractivity contribution >= 4 is 35.3 Å². The highest BCUT2D eigenvalue weighted by molar-refractivity contribution is 5.96. The Kier molecular flexibility index (Phi) is 6.20. The number of anilines is 1. The van der Waals surface area contributed by atoms with Gasteiger partial charge >= 0.3 is 6.09 Å². The zero-order valence-electron chi connectivity index (χ0n) is 17.4. The van der Waals surface area contributed by atoms with Crippen molar-refractivity contribution in [1.82, 2.24) is 19.9 Å². The smallest absolute Gasteiger partial charge is 0.407 e. The Labute approximate surface area is 170 Å². The van der Waals surface area contributed by atoms with Crippen LogP contribution in [0.2, 0.25) is 0 Å². The predicted molar refractivity (Wildman–Crippen MR) is 113 cm³/mol. The summed E-state index contributed by atoms with van der Waals surface area (Å²) < 4.78 is 7.49. The fourth-order valence-electron chi connectivity index (χ4n) is 3.88. The Bertz CT molecular complexity index is 913. The summed E-state index contributed by atoms with van der Waals surface area (Å²) in [7, 11) is 1.82. The maximum Gasteiger partial charge on any atom is 0.407 e. The maximum absolute atomic E-state index is 11.9. The minimum atomic E-state index is -0.498. The normalized spacial score (nSPS) is 19.6. The second-order valence-corrected chi connectivity index (χ2v) is 8.37. The molecule has 2 aromatic rings. The molecule has 2 aromatic heterocycles. The number of carbonyl (C=O) groups excluding carboxylic acids is 2.